The molecule has 0 amide bonds. The third-order valence-electron chi connectivity index (χ3n) is 5.52. The van der Waals surface area contributed by atoms with Gasteiger partial charge in [0.25, 0.3) is 0 Å². The second-order valence-corrected chi connectivity index (χ2v) is 8.42. The minimum absolute atomic E-state index is 0.245. The number of thioether (sulfide) groups is 1. The molecule has 1 aromatic heterocycles. The average Bonchev–Trinajstić information content (AvgIpc) is 2.82. The van der Waals surface area contributed by atoms with E-state index in [9.17, 15) is 5.11 Å². The second kappa shape index (κ2) is 10.3. The molecule has 0 spiro atoms. The molecule has 2 heterocycles. The summed E-state index contributed by atoms with van der Waals surface area (Å²) in [5, 5.41) is 19.3. The molecule has 3 aromatic rings. The van der Waals surface area contributed by atoms with Gasteiger partial charge < -0.3 is 20.5 Å². The van der Waals surface area contributed by atoms with Gasteiger partial charge in [-0.1, -0.05) is 36.0 Å². The third-order valence-corrected chi connectivity index (χ3v) is 6.06. The van der Waals surface area contributed by atoms with E-state index in [2.05, 4.69) is 37.6 Å². The summed E-state index contributed by atoms with van der Waals surface area (Å²) < 4.78 is 5.25. The van der Waals surface area contributed by atoms with E-state index in [4.69, 9.17) is 4.74 Å². The predicted octanol–water partition coefficient (Wildman–Crippen LogP) is 2.78. The van der Waals surface area contributed by atoms with Gasteiger partial charge in [-0.15, -0.1) is 0 Å². The van der Waals surface area contributed by atoms with Crippen molar-refractivity contribution in [2.45, 2.75) is 17.3 Å². The van der Waals surface area contributed by atoms with Gasteiger partial charge in [-0.2, -0.15) is 0 Å². The van der Waals surface area contributed by atoms with Crippen molar-refractivity contribution in [3.63, 3.8) is 0 Å². The smallest absolute Gasteiger partial charge is 0.189 e. The molecule has 2 unspecified atom stereocenters. The fourth-order valence-electron chi connectivity index (χ4n) is 3.89. The van der Waals surface area contributed by atoms with Gasteiger partial charge in [-0.3, -0.25) is 4.90 Å². The molecule has 1 fully saturated rings. The standard InChI is InChI=1S/C23H29N5O2S/c1-30-18-9-7-16(8-10-18)21-15-28(12-11-24-21)14-17(29)13-25-22-19-5-3-4-6-20(19)26-23(27-22)31-2/h3-10,17,21,24,29H,11-15H2,1-2H3,(H,25,26,27). The second-order valence-electron chi connectivity index (χ2n) is 7.65. The predicted molar refractivity (Wildman–Crippen MR) is 126 cm³/mol. The van der Waals surface area contributed by atoms with Gasteiger partial charge in [0.1, 0.15) is 11.6 Å². The number of β-amino-alcohol motifs (C(OH)–C–C–N with tert-alkyl or cyclic N) is 1. The van der Waals surface area contributed by atoms with Crippen molar-refractivity contribution in [2.75, 3.05) is 51.4 Å². The molecule has 1 aliphatic heterocycles. The Morgan fingerprint density at radius 1 is 1.23 bits per heavy atom. The minimum atomic E-state index is -0.499. The van der Waals surface area contributed by atoms with Crippen molar-refractivity contribution < 1.29 is 9.84 Å². The first-order chi connectivity index (χ1) is 15.2. The number of aliphatic hydroxyl groups is 1. The molecular formula is C23H29N5O2S. The summed E-state index contributed by atoms with van der Waals surface area (Å²) in [6, 6.07) is 16.4. The number of benzene rings is 2. The highest BCUT2D eigenvalue weighted by Crippen LogP contribution is 2.24. The first-order valence-electron chi connectivity index (χ1n) is 10.5. The van der Waals surface area contributed by atoms with E-state index in [1.807, 2.05) is 42.7 Å². The molecule has 0 bridgehead atoms. The lowest BCUT2D eigenvalue weighted by Crippen LogP contribution is -2.49. The molecule has 2 atom stereocenters. The zero-order valence-electron chi connectivity index (χ0n) is 17.9. The summed E-state index contributed by atoms with van der Waals surface area (Å²) in [6.07, 6.45) is 1.47. The van der Waals surface area contributed by atoms with Crippen molar-refractivity contribution >= 4 is 28.5 Å². The number of nitrogens with zero attached hydrogens (tertiary/aromatic N) is 3. The number of anilines is 1. The van der Waals surface area contributed by atoms with Crippen molar-refractivity contribution in [1.82, 2.24) is 20.2 Å². The van der Waals surface area contributed by atoms with E-state index < -0.39 is 6.10 Å². The number of nitrogens with one attached hydrogen (secondary N) is 2. The molecule has 2 aromatic carbocycles. The molecule has 164 valence electrons. The van der Waals surface area contributed by atoms with Gasteiger partial charge in [0.05, 0.1) is 18.7 Å². The average molecular weight is 440 g/mol. The van der Waals surface area contributed by atoms with Crippen LogP contribution in [-0.4, -0.2) is 72.2 Å². The normalized spacial score (nSPS) is 18.1. The van der Waals surface area contributed by atoms with E-state index in [0.717, 1.165) is 47.3 Å². The Hall–Kier alpha value is -2.39. The monoisotopic (exact) mass is 439 g/mol. The summed E-state index contributed by atoms with van der Waals surface area (Å²) in [6.45, 7) is 3.71. The van der Waals surface area contributed by atoms with E-state index in [-0.39, 0.29) is 6.04 Å². The van der Waals surface area contributed by atoms with Gasteiger partial charge in [-0.05, 0) is 36.1 Å². The Kier molecular flexibility index (Phi) is 7.24. The van der Waals surface area contributed by atoms with Crippen LogP contribution in [0.15, 0.2) is 53.7 Å². The molecule has 4 rings (SSSR count). The Morgan fingerprint density at radius 2 is 2.03 bits per heavy atom. The lowest BCUT2D eigenvalue weighted by molar-refractivity contribution is 0.102. The number of para-hydroxylation sites is 1. The topological polar surface area (TPSA) is 82.5 Å². The van der Waals surface area contributed by atoms with E-state index in [1.165, 1.54) is 17.3 Å². The van der Waals surface area contributed by atoms with Crippen LogP contribution in [0, 0.1) is 0 Å². The summed E-state index contributed by atoms with van der Waals surface area (Å²) >= 11 is 1.51. The minimum Gasteiger partial charge on any atom is -0.497 e. The lowest BCUT2D eigenvalue weighted by atomic mass is 10.0. The zero-order chi connectivity index (χ0) is 21.6. The van der Waals surface area contributed by atoms with Crippen LogP contribution < -0.4 is 15.4 Å². The van der Waals surface area contributed by atoms with E-state index in [0.29, 0.717) is 13.1 Å². The fraction of sp³-hybridized carbons (Fsp3) is 0.391. The van der Waals surface area contributed by atoms with Crippen LogP contribution >= 0.6 is 11.8 Å². The number of methoxy groups -OCH3 is 1. The number of rotatable bonds is 8. The Labute approximate surface area is 187 Å². The first-order valence-corrected chi connectivity index (χ1v) is 11.7. The maximum atomic E-state index is 10.7. The largest absolute Gasteiger partial charge is 0.497 e. The molecule has 0 radical (unpaired) electrons. The fourth-order valence-corrected chi connectivity index (χ4v) is 4.27. The van der Waals surface area contributed by atoms with Crippen molar-refractivity contribution in [3.05, 3.63) is 54.1 Å². The Bertz CT molecular complexity index is 1000. The van der Waals surface area contributed by atoms with Crippen molar-refractivity contribution in [2.24, 2.45) is 0 Å². The molecule has 0 aliphatic carbocycles. The van der Waals surface area contributed by atoms with Gasteiger partial charge in [0, 0.05) is 44.2 Å². The SMILES string of the molecule is COc1ccc(C2CN(CC(O)CNc3nc(SC)nc4ccccc34)CCN2)cc1. The highest BCUT2D eigenvalue weighted by atomic mass is 32.2. The summed E-state index contributed by atoms with van der Waals surface area (Å²) in [7, 11) is 1.68. The highest BCUT2D eigenvalue weighted by molar-refractivity contribution is 7.98. The van der Waals surface area contributed by atoms with Gasteiger partial charge >= 0.3 is 0 Å². The Balaban J connectivity index is 1.35. The number of hydrogen-bond donors (Lipinski definition) is 3. The molecule has 8 heteroatoms. The zero-order valence-corrected chi connectivity index (χ0v) is 18.7. The quantitative estimate of drug-likeness (QED) is 0.365. The van der Waals surface area contributed by atoms with Crippen LogP contribution in [0.5, 0.6) is 5.75 Å². The van der Waals surface area contributed by atoms with Gasteiger partial charge in [0.15, 0.2) is 5.16 Å². The molecule has 1 aliphatic rings. The van der Waals surface area contributed by atoms with E-state index in [1.54, 1.807) is 7.11 Å². The molecule has 7 nitrogen and oxygen atoms in total. The molecular weight excluding hydrogens is 410 g/mol. The summed E-state index contributed by atoms with van der Waals surface area (Å²) in [5.74, 6) is 1.63. The van der Waals surface area contributed by atoms with Crippen LogP contribution in [0.3, 0.4) is 0 Å². The number of aliphatic hydroxyl groups excluding tert-OH is 1. The molecule has 3 N–H and O–H groups in total. The number of fused-ring (bicyclic) bond motifs is 1. The number of hydrogen-bond acceptors (Lipinski definition) is 8. The van der Waals surface area contributed by atoms with E-state index >= 15 is 0 Å². The maximum absolute atomic E-state index is 10.7. The number of aromatic nitrogens is 2. The van der Waals surface area contributed by atoms with Crippen LogP contribution in [0.2, 0.25) is 0 Å². The summed E-state index contributed by atoms with van der Waals surface area (Å²) in [5.41, 5.74) is 2.14. The van der Waals surface area contributed by atoms with Crippen LogP contribution in [0.1, 0.15) is 11.6 Å². The van der Waals surface area contributed by atoms with Gasteiger partial charge in [0.2, 0.25) is 0 Å². The first kappa shape index (κ1) is 21.8. The maximum Gasteiger partial charge on any atom is 0.189 e. The summed E-state index contributed by atoms with van der Waals surface area (Å²) in [4.78, 5) is 11.5. The lowest BCUT2D eigenvalue weighted by Gasteiger charge is -2.35. The molecule has 31 heavy (non-hydrogen) atoms. The highest BCUT2D eigenvalue weighted by Gasteiger charge is 2.22. The van der Waals surface area contributed by atoms with Crippen LogP contribution in [0.25, 0.3) is 10.9 Å². The van der Waals surface area contributed by atoms with Crippen molar-refractivity contribution in [3.8, 4) is 5.75 Å². The van der Waals surface area contributed by atoms with Crippen LogP contribution in [0.4, 0.5) is 5.82 Å². The van der Waals surface area contributed by atoms with Crippen molar-refractivity contribution in [1.29, 1.82) is 0 Å². The number of ether oxygens (including phenoxy) is 1. The molecule has 0 saturated carbocycles. The van der Waals surface area contributed by atoms with Gasteiger partial charge in [-0.25, -0.2) is 9.97 Å². The molecule has 1 saturated heterocycles. The number of piperazine rings is 1. The van der Waals surface area contributed by atoms with Crippen LogP contribution in [-0.2, 0) is 0 Å². The Morgan fingerprint density at radius 3 is 2.81 bits per heavy atom. The third kappa shape index (κ3) is 5.46.